The van der Waals surface area contributed by atoms with Crippen molar-refractivity contribution in [2.45, 2.75) is 26.2 Å². The smallest absolute Gasteiger partial charge is 0.335 e. The third-order valence-electron chi connectivity index (χ3n) is 4.16. The van der Waals surface area contributed by atoms with E-state index in [0.29, 0.717) is 38.6 Å². The van der Waals surface area contributed by atoms with Crippen molar-refractivity contribution < 1.29 is 4.79 Å². The first-order valence-corrected chi connectivity index (χ1v) is 10.1. The second-order valence-corrected chi connectivity index (χ2v) is 7.54. The molecule has 1 heterocycles. The number of carbonyl (C=O) groups excluding carboxylic acids is 1. The Morgan fingerprint density at radius 1 is 0.964 bits per heavy atom. The van der Waals surface area contributed by atoms with Crippen molar-refractivity contribution in [3.63, 3.8) is 0 Å². The Hall–Kier alpha value is -2.08. The maximum atomic E-state index is 12.5. The zero-order chi connectivity index (χ0) is 20.1. The molecule has 0 saturated carbocycles. The molecule has 2 aromatic carbocycles. The van der Waals surface area contributed by atoms with Gasteiger partial charge in [-0.05, 0) is 36.8 Å². The van der Waals surface area contributed by atoms with E-state index < -0.39 is 0 Å². The fourth-order valence-electron chi connectivity index (χ4n) is 2.70. The van der Waals surface area contributed by atoms with Crippen molar-refractivity contribution in [1.82, 2.24) is 20.3 Å². The minimum Gasteiger partial charge on any atom is -0.335 e. The molecule has 3 aromatic rings. The molecule has 0 bridgehead atoms. The highest BCUT2D eigenvalue weighted by Crippen LogP contribution is 2.35. The van der Waals surface area contributed by atoms with Gasteiger partial charge in [0.2, 0.25) is 0 Å². The number of benzene rings is 2. The average Bonchev–Trinajstić information content (AvgIpc) is 3.11. The average molecular weight is 438 g/mol. The van der Waals surface area contributed by atoms with E-state index in [0.717, 1.165) is 29.6 Å². The summed E-state index contributed by atoms with van der Waals surface area (Å²) in [7, 11) is 0. The van der Waals surface area contributed by atoms with Crippen LogP contribution in [0.3, 0.4) is 0 Å². The van der Waals surface area contributed by atoms with Gasteiger partial charge in [-0.15, -0.1) is 10.2 Å². The van der Waals surface area contributed by atoms with E-state index in [1.54, 1.807) is 30.3 Å². The Morgan fingerprint density at radius 3 is 2.32 bits per heavy atom. The van der Waals surface area contributed by atoms with Crippen LogP contribution in [0.1, 0.15) is 26.2 Å². The van der Waals surface area contributed by atoms with Crippen LogP contribution in [0.2, 0.25) is 15.1 Å². The number of nitrogens with zero attached hydrogens (tertiary/aromatic N) is 3. The SMILES string of the molecule is CCCCCNC(=O)n1nc(-c2ccc(Cl)cc2)c(-c2ccc(Cl)cc2Cl)n1. The Kier molecular flexibility index (Phi) is 6.94. The summed E-state index contributed by atoms with van der Waals surface area (Å²) in [6, 6.07) is 11.9. The monoisotopic (exact) mass is 436 g/mol. The minimum absolute atomic E-state index is 0.386. The number of aromatic nitrogens is 3. The first kappa shape index (κ1) is 20.6. The second kappa shape index (κ2) is 9.41. The van der Waals surface area contributed by atoms with E-state index in [9.17, 15) is 4.79 Å². The lowest BCUT2D eigenvalue weighted by Crippen LogP contribution is -2.31. The molecule has 1 N–H and O–H groups in total. The Labute approximate surface area is 178 Å². The molecule has 28 heavy (non-hydrogen) atoms. The summed E-state index contributed by atoms with van der Waals surface area (Å²) in [6.45, 7) is 2.68. The van der Waals surface area contributed by atoms with Crippen molar-refractivity contribution in [3.05, 3.63) is 57.5 Å². The van der Waals surface area contributed by atoms with Crippen LogP contribution in [0.4, 0.5) is 4.79 Å². The van der Waals surface area contributed by atoms with Crippen LogP contribution in [0, 0.1) is 0 Å². The minimum atomic E-state index is -0.386. The summed E-state index contributed by atoms with van der Waals surface area (Å²) < 4.78 is 0. The predicted octanol–water partition coefficient (Wildman–Crippen LogP) is 6.32. The van der Waals surface area contributed by atoms with E-state index in [4.69, 9.17) is 34.8 Å². The van der Waals surface area contributed by atoms with Crippen LogP contribution in [0.5, 0.6) is 0 Å². The molecule has 8 heteroatoms. The maximum Gasteiger partial charge on any atom is 0.359 e. The lowest BCUT2D eigenvalue weighted by atomic mass is 10.1. The lowest BCUT2D eigenvalue weighted by Gasteiger charge is -2.04. The third kappa shape index (κ3) is 4.85. The summed E-state index contributed by atoms with van der Waals surface area (Å²) in [5.41, 5.74) is 2.44. The molecule has 3 rings (SSSR count). The molecule has 0 saturated heterocycles. The van der Waals surface area contributed by atoms with Gasteiger partial charge in [0.25, 0.3) is 0 Å². The molecule has 0 fully saturated rings. The Balaban J connectivity index is 2.00. The Morgan fingerprint density at radius 2 is 1.64 bits per heavy atom. The van der Waals surface area contributed by atoms with Gasteiger partial charge in [0.15, 0.2) is 0 Å². The molecule has 146 valence electrons. The highest BCUT2D eigenvalue weighted by Gasteiger charge is 2.20. The standard InChI is InChI=1S/C20H19Cl3N4O/c1-2-3-4-11-24-20(28)27-25-18(13-5-7-14(21)8-6-13)19(26-27)16-10-9-15(22)12-17(16)23/h5-10,12H,2-4,11H2,1H3,(H,24,28). The summed E-state index contributed by atoms with van der Waals surface area (Å²) in [5, 5.41) is 13.2. The normalized spacial score (nSPS) is 10.9. The van der Waals surface area contributed by atoms with Gasteiger partial charge in [-0.3, -0.25) is 0 Å². The maximum absolute atomic E-state index is 12.5. The molecule has 0 unspecified atom stereocenters. The summed E-state index contributed by atoms with van der Waals surface area (Å²) in [4.78, 5) is 13.5. The number of halogens is 3. The second-order valence-electron chi connectivity index (χ2n) is 6.26. The number of hydrogen-bond donors (Lipinski definition) is 1. The van der Waals surface area contributed by atoms with Crippen LogP contribution < -0.4 is 5.32 Å². The fraction of sp³-hybridized carbons (Fsp3) is 0.250. The molecule has 0 radical (unpaired) electrons. The first-order chi connectivity index (χ1) is 13.5. The number of carbonyl (C=O) groups is 1. The van der Waals surface area contributed by atoms with Gasteiger partial charge in [0.05, 0.1) is 5.02 Å². The summed E-state index contributed by atoms with van der Waals surface area (Å²) >= 11 is 18.4. The number of rotatable bonds is 6. The number of unbranched alkanes of at least 4 members (excludes halogenated alkanes) is 2. The zero-order valence-corrected chi connectivity index (χ0v) is 17.5. The molecule has 1 amide bonds. The first-order valence-electron chi connectivity index (χ1n) is 8.96. The number of amides is 1. The lowest BCUT2D eigenvalue weighted by molar-refractivity contribution is 0.236. The molecule has 0 aliphatic rings. The van der Waals surface area contributed by atoms with Crippen molar-refractivity contribution >= 4 is 40.8 Å². The van der Waals surface area contributed by atoms with E-state index >= 15 is 0 Å². The van der Waals surface area contributed by atoms with Crippen LogP contribution in [0.25, 0.3) is 22.5 Å². The van der Waals surface area contributed by atoms with Gasteiger partial charge < -0.3 is 5.32 Å². The molecule has 0 spiro atoms. The van der Waals surface area contributed by atoms with Gasteiger partial charge in [0, 0.05) is 27.7 Å². The van der Waals surface area contributed by atoms with Crippen molar-refractivity contribution in [1.29, 1.82) is 0 Å². The number of hydrogen-bond acceptors (Lipinski definition) is 3. The molecule has 5 nitrogen and oxygen atoms in total. The van der Waals surface area contributed by atoms with Crippen molar-refractivity contribution in [2.75, 3.05) is 6.54 Å². The van der Waals surface area contributed by atoms with E-state index in [-0.39, 0.29) is 6.03 Å². The molecule has 0 aliphatic carbocycles. The van der Waals surface area contributed by atoms with E-state index in [2.05, 4.69) is 22.4 Å². The predicted molar refractivity (Wildman–Crippen MR) is 114 cm³/mol. The summed E-state index contributed by atoms with van der Waals surface area (Å²) in [5.74, 6) is 0. The van der Waals surface area contributed by atoms with Gasteiger partial charge in [0.1, 0.15) is 11.4 Å². The van der Waals surface area contributed by atoms with Gasteiger partial charge in [-0.2, -0.15) is 0 Å². The highest BCUT2D eigenvalue weighted by atomic mass is 35.5. The van der Waals surface area contributed by atoms with Crippen LogP contribution in [0.15, 0.2) is 42.5 Å². The van der Waals surface area contributed by atoms with Crippen LogP contribution >= 0.6 is 34.8 Å². The van der Waals surface area contributed by atoms with Gasteiger partial charge in [-0.25, -0.2) is 4.79 Å². The molecule has 0 aliphatic heterocycles. The van der Waals surface area contributed by atoms with E-state index in [1.807, 2.05) is 12.1 Å². The highest BCUT2D eigenvalue weighted by molar-refractivity contribution is 6.36. The largest absolute Gasteiger partial charge is 0.359 e. The topological polar surface area (TPSA) is 59.8 Å². The quantitative estimate of drug-likeness (QED) is 0.459. The van der Waals surface area contributed by atoms with E-state index in [1.165, 1.54) is 0 Å². The van der Waals surface area contributed by atoms with Gasteiger partial charge >= 0.3 is 6.03 Å². The number of nitrogens with one attached hydrogen (secondary N) is 1. The van der Waals surface area contributed by atoms with Crippen LogP contribution in [-0.4, -0.2) is 27.6 Å². The van der Waals surface area contributed by atoms with Crippen molar-refractivity contribution in [2.24, 2.45) is 0 Å². The molecular formula is C20H19Cl3N4O. The third-order valence-corrected chi connectivity index (χ3v) is 4.96. The summed E-state index contributed by atoms with van der Waals surface area (Å²) in [6.07, 6.45) is 3.04. The Bertz CT molecular complexity index is 970. The molecular weight excluding hydrogens is 419 g/mol. The van der Waals surface area contributed by atoms with Gasteiger partial charge in [-0.1, -0.05) is 71.5 Å². The molecule has 0 atom stereocenters. The zero-order valence-electron chi connectivity index (χ0n) is 15.3. The van der Waals surface area contributed by atoms with Crippen LogP contribution in [-0.2, 0) is 0 Å². The fourth-order valence-corrected chi connectivity index (χ4v) is 3.33. The molecule has 1 aromatic heterocycles. The van der Waals surface area contributed by atoms with Crippen molar-refractivity contribution in [3.8, 4) is 22.5 Å².